The Morgan fingerprint density at radius 3 is 3.12 bits per heavy atom. The molecule has 1 aromatic carbocycles. The second-order valence-electron chi connectivity index (χ2n) is 7.04. The first-order chi connectivity index (χ1) is 11.8. The quantitative estimate of drug-likeness (QED) is 0.789. The maximum Gasteiger partial charge on any atom is 0.123 e. The number of H-pyrrole nitrogens is 1. The van der Waals surface area contributed by atoms with Crippen LogP contribution in [-0.2, 0) is 11.2 Å². The smallest absolute Gasteiger partial charge is 0.123 e. The van der Waals surface area contributed by atoms with Gasteiger partial charge < -0.3 is 20.4 Å². The number of halogens is 1. The summed E-state index contributed by atoms with van der Waals surface area (Å²) < 4.78 is 19.1. The Balaban J connectivity index is 1.35. The molecule has 1 saturated carbocycles. The highest BCUT2D eigenvalue weighted by atomic mass is 19.1. The van der Waals surface area contributed by atoms with Crippen molar-refractivity contribution in [1.29, 1.82) is 0 Å². The van der Waals surface area contributed by atoms with Crippen molar-refractivity contribution < 1.29 is 9.13 Å². The second-order valence-corrected chi connectivity index (χ2v) is 7.04. The number of ether oxygens (including phenoxy) is 1. The molecule has 0 amide bonds. The molecule has 4 rings (SSSR count). The van der Waals surface area contributed by atoms with Crippen LogP contribution in [0.4, 0.5) is 4.39 Å². The molecule has 0 bridgehead atoms. The number of rotatable bonds is 5. The lowest BCUT2D eigenvalue weighted by Gasteiger charge is -2.33. The van der Waals surface area contributed by atoms with E-state index in [-0.39, 0.29) is 5.82 Å². The van der Waals surface area contributed by atoms with Gasteiger partial charge in [-0.25, -0.2) is 4.39 Å². The average molecular weight is 331 g/mol. The predicted octanol–water partition coefficient (Wildman–Crippen LogP) is 2.60. The number of fused-ring (bicyclic) bond motifs is 1. The average Bonchev–Trinajstić information content (AvgIpc) is 3.23. The number of hydrogen-bond acceptors (Lipinski definition) is 3. The fourth-order valence-corrected chi connectivity index (χ4v) is 4.33. The molecule has 1 aliphatic carbocycles. The van der Waals surface area contributed by atoms with Crippen molar-refractivity contribution in [3.8, 4) is 0 Å². The first-order valence-electron chi connectivity index (χ1n) is 9.11. The normalized spacial score (nSPS) is 27.8. The minimum atomic E-state index is -0.171. The Kier molecular flexibility index (Phi) is 4.83. The van der Waals surface area contributed by atoms with Crippen molar-refractivity contribution in [2.45, 2.75) is 37.8 Å². The fourth-order valence-electron chi connectivity index (χ4n) is 4.33. The van der Waals surface area contributed by atoms with Gasteiger partial charge in [0, 0.05) is 35.7 Å². The van der Waals surface area contributed by atoms with Crippen LogP contribution in [0.2, 0.25) is 0 Å². The number of nitrogens with one attached hydrogen (secondary N) is 3. The maximum atomic E-state index is 13.5. The van der Waals surface area contributed by atoms with Crippen molar-refractivity contribution in [1.82, 2.24) is 15.6 Å². The molecule has 2 aromatic rings. The molecule has 130 valence electrons. The molecule has 2 fully saturated rings. The van der Waals surface area contributed by atoms with Crippen LogP contribution in [0.25, 0.3) is 10.9 Å². The molecular formula is C19H26FN3O. The van der Waals surface area contributed by atoms with Crippen molar-refractivity contribution in [3.63, 3.8) is 0 Å². The summed E-state index contributed by atoms with van der Waals surface area (Å²) in [7, 11) is 0. The second kappa shape index (κ2) is 7.21. The van der Waals surface area contributed by atoms with Crippen LogP contribution in [0.15, 0.2) is 24.4 Å². The molecule has 3 atom stereocenters. The van der Waals surface area contributed by atoms with Gasteiger partial charge in [0.25, 0.3) is 0 Å². The van der Waals surface area contributed by atoms with Gasteiger partial charge in [0.15, 0.2) is 0 Å². The van der Waals surface area contributed by atoms with Crippen LogP contribution in [0.3, 0.4) is 0 Å². The van der Waals surface area contributed by atoms with Crippen LogP contribution < -0.4 is 10.6 Å². The Labute approximate surface area is 142 Å². The summed E-state index contributed by atoms with van der Waals surface area (Å²) in [6.07, 6.45) is 6.73. The number of hydrogen-bond donors (Lipinski definition) is 3. The number of aromatic amines is 1. The third-order valence-corrected chi connectivity index (χ3v) is 5.57. The lowest BCUT2D eigenvalue weighted by Crippen LogP contribution is -2.51. The van der Waals surface area contributed by atoms with Crippen LogP contribution in [0.1, 0.15) is 24.8 Å². The molecule has 0 spiro atoms. The molecule has 2 aliphatic rings. The van der Waals surface area contributed by atoms with Crippen molar-refractivity contribution in [2.24, 2.45) is 5.92 Å². The highest BCUT2D eigenvalue weighted by molar-refractivity contribution is 5.83. The van der Waals surface area contributed by atoms with Gasteiger partial charge in [-0.3, -0.25) is 0 Å². The first-order valence-corrected chi connectivity index (χ1v) is 9.11. The monoisotopic (exact) mass is 331 g/mol. The lowest BCUT2D eigenvalue weighted by atomic mass is 9.94. The van der Waals surface area contributed by atoms with Crippen molar-refractivity contribution in [2.75, 3.05) is 26.3 Å². The molecular weight excluding hydrogens is 305 g/mol. The minimum absolute atomic E-state index is 0.171. The van der Waals surface area contributed by atoms with Gasteiger partial charge in [-0.15, -0.1) is 0 Å². The molecule has 2 heterocycles. The van der Waals surface area contributed by atoms with E-state index < -0.39 is 0 Å². The summed E-state index contributed by atoms with van der Waals surface area (Å²) >= 11 is 0. The summed E-state index contributed by atoms with van der Waals surface area (Å²) in [5.74, 6) is 0.487. The highest BCUT2D eigenvalue weighted by Crippen LogP contribution is 2.29. The lowest BCUT2D eigenvalue weighted by molar-refractivity contribution is 0.0526. The molecule has 0 radical (unpaired) electrons. The maximum absolute atomic E-state index is 13.5. The van der Waals surface area contributed by atoms with Crippen LogP contribution >= 0.6 is 0 Å². The van der Waals surface area contributed by atoms with Crippen LogP contribution in [0, 0.1) is 11.7 Å². The van der Waals surface area contributed by atoms with E-state index >= 15 is 0 Å². The van der Waals surface area contributed by atoms with E-state index in [1.807, 2.05) is 12.3 Å². The summed E-state index contributed by atoms with van der Waals surface area (Å²) in [5, 5.41) is 8.36. The molecule has 5 heteroatoms. The fraction of sp³-hybridized carbons (Fsp3) is 0.579. The third-order valence-electron chi connectivity index (χ3n) is 5.57. The number of benzene rings is 1. The molecule has 1 aromatic heterocycles. The van der Waals surface area contributed by atoms with Crippen molar-refractivity contribution in [3.05, 3.63) is 35.8 Å². The van der Waals surface area contributed by atoms with Gasteiger partial charge >= 0.3 is 0 Å². The highest BCUT2D eigenvalue weighted by Gasteiger charge is 2.34. The Morgan fingerprint density at radius 2 is 2.25 bits per heavy atom. The van der Waals surface area contributed by atoms with Gasteiger partial charge in [0.2, 0.25) is 0 Å². The first kappa shape index (κ1) is 16.1. The molecule has 24 heavy (non-hydrogen) atoms. The standard InChI is InChI=1S/C19H26FN3O/c20-14-4-5-18-16(10-14)13(11-23-18)6-7-21-17-3-1-2-15(17)19-12-24-9-8-22-19/h4-5,10-11,15,17,19,21-23H,1-3,6-9,12H2. The topological polar surface area (TPSA) is 49.1 Å². The van der Waals surface area contributed by atoms with E-state index in [9.17, 15) is 4.39 Å². The van der Waals surface area contributed by atoms with Crippen LogP contribution in [0.5, 0.6) is 0 Å². The van der Waals surface area contributed by atoms with Crippen LogP contribution in [-0.4, -0.2) is 43.4 Å². The third kappa shape index (κ3) is 3.34. The Bertz CT molecular complexity index is 680. The van der Waals surface area contributed by atoms with E-state index in [0.29, 0.717) is 18.0 Å². The van der Waals surface area contributed by atoms with E-state index in [1.165, 1.54) is 30.9 Å². The molecule has 3 N–H and O–H groups in total. The zero-order valence-electron chi connectivity index (χ0n) is 14.0. The molecule has 1 aliphatic heterocycles. The number of aromatic nitrogens is 1. The van der Waals surface area contributed by atoms with Gasteiger partial charge in [0.05, 0.1) is 13.2 Å². The largest absolute Gasteiger partial charge is 0.379 e. The van der Waals surface area contributed by atoms with E-state index in [2.05, 4.69) is 15.6 Å². The van der Waals surface area contributed by atoms with Gasteiger partial charge in [-0.2, -0.15) is 0 Å². The summed E-state index contributed by atoms with van der Waals surface area (Å²) in [6, 6.07) is 5.99. The van der Waals surface area contributed by atoms with Gasteiger partial charge in [-0.05, 0) is 55.5 Å². The summed E-state index contributed by atoms with van der Waals surface area (Å²) in [5.41, 5.74) is 2.19. The molecule has 3 unspecified atom stereocenters. The summed E-state index contributed by atoms with van der Waals surface area (Å²) in [6.45, 7) is 3.57. The Hall–Kier alpha value is -1.43. The van der Waals surface area contributed by atoms with Gasteiger partial charge in [0.1, 0.15) is 5.82 Å². The molecule has 1 saturated heterocycles. The predicted molar refractivity (Wildman–Crippen MR) is 93.7 cm³/mol. The van der Waals surface area contributed by atoms with E-state index in [0.717, 1.165) is 43.6 Å². The molecule has 4 nitrogen and oxygen atoms in total. The van der Waals surface area contributed by atoms with Gasteiger partial charge in [-0.1, -0.05) is 6.42 Å². The van der Waals surface area contributed by atoms with E-state index in [1.54, 1.807) is 6.07 Å². The SMILES string of the molecule is Fc1ccc2[nH]cc(CCNC3CCCC3C3COCCN3)c2c1. The minimum Gasteiger partial charge on any atom is -0.379 e. The number of morpholine rings is 1. The zero-order chi connectivity index (χ0) is 16.4. The van der Waals surface area contributed by atoms with E-state index in [4.69, 9.17) is 4.74 Å². The Morgan fingerprint density at radius 1 is 1.29 bits per heavy atom. The van der Waals surface area contributed by atoms with Crippen molar-refractivity contribution >= 4 is 10.9 Å². The summed E-state index contributed by atoms with van der Waals surface area (Å²) in [4.78, 5) is 3.23. The zero-order valence-corrected chi connectivity index (χ0v) is 14.0.